The lowest BCUT2D eigenvalue weighted by atomic mass is 9.86. The molecule has 4 amide bonds. The van der Waals surface area contributed by atoms with E-state index in [9.17, 15) is 36.6 Å². The summed E-state index contributed by atoms with van der Waals surface area (Å²) in [7, 11) is -8.37. The summed E-state index contributed by atoms with van der Waals surface area (Å²) in [6.07, 6.45) is 7.24. The van der Waals surface area contributed by atoms with Crippen LogP contribution in [-0.2, 0) is 55.8 Å². The summed E-state index contributed by atoms with van der Waals surface area (Å²) in [5.41, 5.74) is -1.58. The SMILES string of the molecule is C/C=C\C1C[C@]1(NC(=O)[C@@H]1CC(OC(=O)N2Cc3cccc(F)c3C2)CN1C(=O)[C@@H](NS(=O)(=O)c1cccs1)C(C)(C)C)C(=O)NP(=O)(OC1CCCC1)OC1CCCC1. The van der Waals surface area contributed by atoms with E-state index in [1.165, 1.54) is 21.9 Å². The number of sulfonamides is 1. The molecule has 1 saturated heterocycles. The molecule has 0 bridgehead atoms. The Kier molecular flexibility index (Phi) is 13.0. The van der Waals surface area contributed by atoms with Crippen molar-refractivity contribution < 1.29 is 50.3 Å². The van der Waals surface area contributed by atoms with Crippen molar-refractivity contribution in [2.45, 2.75) is 145 Å². The molecule has 1 aromatic heterocycles. The number of halogens is 1. The fourth-order valence-electron chi connectivity index (χ4n) is 8.69. The minimum Gasteiger partial charge on any atom is -0.444 e. The molecular weight excluding hydrogens is 837 g/mol. The van der Waals surface area contributed by atoms with E-state index in [1.807, 2.05) is 0 Å². The first-order valence-electron chi connectivity index (χ1n) is 20.7. The molecule has 0 radical (unpaired) electrons. The number of carbonyl (C=O) groups is 4. The summed E-state index contributed by atoms with van der Waals surface area (Å²) in [4.78, 5) is 59.8. The fraction of sp³-hybridized carbons (Fsp3) is 0.610. The van der Waals surface area contributed by atoms with Gasteiger partial charge in [0.2, 0.25) is 11.8 Å². The van der Waals surface area contributed by atoms with Crippen LogP contribution in [0, 0.1) is 17.2 Å². The highest BCUT2D eigenvalue weighted by molar-refractivity contribution is 7.91. The van der Waals surface area contributed by atoms with Gasteiger partial charge in [-0.3, -0.25) is 33.4 Å². The Morgan fingerprint density at radius 1 is 0.983 bits per heavy atom. The molecular formula is C41H55FN5O10PS2. The van der Waals surface area contributed by atoms with Crippen LogP contribution < -0.4 is 15.1 Å². The third-order valence-electron chi connectivity index (χ3n) is 12.1. The minimum atomic E-state index is -4.20. The Bertz CT molecular complexity index is 2120. The van der Waals surface area contributed by atoms with Gasteiger partial charge in [-0.05, 0) is 67.5 Å². The lowest BCUT2D eigenvalue weighted by Gasteiger charge is -2.35. The molecule has 3 saturated carbocycles. The van der Waals surface area contributed by atoms with Crippen molar-refractivity contribution in [3.63, 3.8) is 0 Å². The van der Waals surface area contributed by atoms with Gasteiger partial charge in [-0.1, -0.05) is 76.8 Å². The van der Waals surface area contributed by atoms with E-state index in [-0.39, 0.29) is 48.9 Å². The Morgan fingerprint density at radius 2 is 1.65 bits per heavy atom. The fourth-order valence-corrected chi connectivity index (χ4v) is 12.9. The second kappa shape index (κ2) is 17.6. The normalized spacial score (nSPS) is 25.4. The summed E-state index contributed by atoms with van der Waals surface area (Å²) in [6.45, 7) is 6.62. The van der Waals surface area contributed by atoms with Gasteiger partial charge in [0.05, 0.1) is 25.3 Å². The zero-order valence-corrected chi connectivity index (χ0v) is 36.9. The van der Waals surface area contributed by atoms with Crippen LogP contribution >= 0.6 is 19.1 Å². The van der Waals surface area contributed by atoms with Crippen LogP contribution in [0.25, 0.3) is 0 Å². The molecule has 4 fully saturated rings. The highest BCUT2D eigenvalue weighted by atomic mass is 32.2. The summed E-state index contributed by atoms with van der Waals surface area (Å²) < 4.78 is 76.5. The van der Waals surface area contributed by atoms with Crippen molar-refractivity contribution >= 4 is 52.9 Å². The Morgan fingerprint density at radius 3 is 2.23 bits per heavy atom. The molecule has 3 aliphatic carbocycles. The van der Waals surface area contributed by atoms with Gasteiger partial charge in [-0.25, -0.2) is 22.2 Å². The van der Waals surface area contributed by atoms with E-state index in [0.29, 0.717) is 36.8 Å². The number of hydrogen-bond acceptors (Lipinski definition) is 11. The molecule has 2 unspecified atom stereocenters. The molecule has 1 aromatic carbocycles. The second-order valence-electron chi connectivity index (χ2n) is 17.6. The van der Waals surface area contributed by atoms with Gasteiger partial charge in [-0.15, -0.1) is 11.3 Å². The maximum atomic E-state index is 14.7. The van der Waals surface area contributed by atoms with Crippen LogP contribution in [0.1, 0.15) is 103 Å². The number of likely N-dealkylation sites (tertiary alicyclic amines) is 1. The Labute approximate surface area is 354 Å². The topological polar surface area (TPSA) is 190 Å². The highest BCUT2D eigenvalue weighted by Crippen LogP contribution is 2.53. The van der Waals surface area contributed by atoms with Crippen molar-refractivity contribution in [3.05, 3.63) is 64.8 Å². The molecule has 3 N–H and O–H groups in total. The lowest BCUT2D eigenvalue weighted by molar-refractivity contribution is -0.142. The average molecular weight is 892 g/mol. The van der Waals surface area contributed by atoms with Crippen molar-refractivity contribution in [1.29, 1.82) is 0 Å². The second-order valence-corrected chi connectivity index (χ2v) is 22.1. The molecule has 7 rings (SSSR count). The van der Waals surface area contributed by atoms with Crippen molar-refractivity contribution in [2.24, 2.45) is 11.3 Å². The number of nitrogens with zero attached hydrogens (tertiary/aromatic N) is 2. The number of allylic oxidation sites excluding steroid dienone is 1. The Balaban J connectivity index is 1.14. The van der Waals surface area contributed by atoms with Crippen LogP contribution in [0.3, 0.4) is 0 Å². The van der Waals surface area contributed by atoms with Gasteiger partial charge in [0.15, 0.2) is 0 Å². The lowest BCUT2D eigenvalue weighted by Crippen LogP contribution is -2.59. The van der Waals surface area contributed by atoms with Crippen molar-refractivity contribution in [1.82, 2.24) is 24.9 Å². The van der Waals surface area contributed by atoms with E-state index in [0.717, 1.165) is 37.0 Å². The van der Waals surface area contributed by atoms with Crippen molar-refractivity contribution in [3.8, 4) is 0 Å². The molecule has 19 heteroatoms. The van der Waals surface area contributed by atoms with E-state index in [4.69, 9.17) is 13.8 Å². The average Bonchev–Trinajstić information content (AvgIpc) is 3.93. The Hall–Kier alpha value is -3.67. The number of thiophene rings is 1. The number of rotatable bonds is 14. The molecule has 15 nitrogen and oxygen atoms in total. The molecule has 60 heavy (non-hydrogen) atoms. The number of ether oxygens (including phenoxy) is 1. The van der Waals surface area contributed by atoms with E-state index in [2.05, 4.69) is 15.1 Å². The maximum absolute atomic E-state index is 14.7. The first kappa shape index (κ1) is 44.4. The standard InChI is InChI=1S/C41H55FN5O10PS2/c1-5-12-27-22-41(27,38(50)44-58(52,56-28-14-6-7-15-28)57-29-16-8-9-17-29)43-36(48)33-21-30(55-39(51)46-23-26-13-10-18-32(42)31(26)25-46)24-47(33)37(49)35(40(2,3)4)45-60(53,54)34-19-11-20-59-34/h5,10-13,18-20,27-30,33,35,45H,6-9,14-17,21-25H2,1-4H3,(H,43,48)(H,44,50,52)/b12-5-/t27?,30?,33-,35+,41+/m0/s1. The van der Waals surface area contributed by atoms with Gasteiger partial charge in [0.25, 0.3) is 15.9 Å². The molecule has 0 spiro atoms. The zero-order chi connectivity index (χ0) is 43.0. The van der Waals surface area contributed by atoms with Crippen LogP contribution in [0.15, 0.2) is 52.1 Å². The number of carbonyl (C=O) groups excluding carboxylic acids is 4. The van der Waals surface area contributed by atoms with Crippen LogP contribution in [0.2, 0.25) is 0 Å². The predicted octanol–water partition coefficient (Wildman–Crippen LogP) is 6.30. The van der Waals surface area contributed by atoms with Crippen LogP contribution in [-0.4, -0.2) is 84.5 Å². The summed E-state index contributed by atoms with van der Waals surface area (Å²) in [5, 5.41) is 7.06. The minimum absolute atomic E-state index is 0.00191. The van der Waals surface area contributed by atoms with Gasteiger partial charge >= 0.3 is 13.8 Å². The summed E-state index contributed by atoms with van der Waals surface area (Å²) in [5.74, 6) is -3.20. The third-order valence-corrected chi connectivity index (χ3v) is 16.5. The quantitative estimate of drug-likeness (QED) is 0.144. The molecule has 2 aromatic rings. The first-order valence-corrected chi connectivity index (χ1v) is 24.6. The zero-order valence-electron chi connectivity index (χ0n) is 34.4. The maximum Gasteiger partial charge on any atom is 0.435 e. The first-order chi connectivity index (χ1) is 28.4. The summed E-state index contributed by atoms with van der Waals surface area (Å²) in [6, 6.07) is 4.89. The van der Waals surface area contributed by atoms with Crippen molar-refractivity contribution in [2.75, 3.05) is 6.54 Å². The predicted molar refractivity (Wildman–Crippen MR) is 220 cm³/mol. The van der Waals surface area contributed by atoms with Crippen LogP contribution in [0.4, 0.5) is 9.18 Å². The molecule has 3 heterocycles. The number of nitrogens with one attached hydrogen (secondary N) is 3. The van der Waals surface area contributed by atoms with Gasteiger partial charge < -0.3 is 15.0 Å². The molecule has 2 aliphatic heterocycles. The monoisotopic (exact) mass is 891 g/mol. The number of benzene rings is 1. The molecule has 328 valence electrons. The van der Waals surface area contributed by atoms with Gasteiger partial charge in [-0.2, -0.15) is 4.72 Å². The number of amides is 4. The molecule has 5 aliphatic rings. The van der Waals surface area contributed by atoms with Gasteiger partial charge in [0.1, 0.15) is 33.8 Å². The van der Waals surface area contributed by atoms with E-state index >= 15 is 0 Å². The molecule has 5 atom stereocenters. The summed E-state index contributed by atoms with van der Waals surface area (Å²) >= 11 is 0.982. The number of fused-ring (bicyclic) bond motifs is 1. The number of hydrogen-bond donors (Lipinski definition) is 3. The van der Waals surface area contributed by atoms with E-state index in [1.54, 1.807) is 63.4 Å². The smallest absolute Gasteiger partial charge is 0.435 e. The van der Waals surface area contributed by atoms with E-state index < -0.39 is 82.5 Å². The van der Waals surface area contributed by atoms with Gasteiger partial charge in [0, 0.05) is 24.4 Å². The van der Waals surface area contributed by atoms with Crippen LogP contribution in [0.5, 0.6) is 0 Å². The largest absolute Gasteiger partial charge is 0.444 e. The highest BCUT2D eigenvalue weighted by Gasteiger charge is 2.62. The third kappa shape index (κ3) is 9.68.